The highest BCUT2D eigenvalue weighted by atomic mass is 79.9. The Labute approximate surface area is 116 Å². The molecule has 1 aliphatic rings. The van der Waals surface area contributed by atoms with Crippen LogP contribution in [0.1, 0.15) is 37.8 Å². The van der Waals surface area contributed by atoms with Gasteiger partial charge in [-0.1, -0.05) is 34.5 Å². The van der Waals surface area contributed by atoms with Gasteiger partial charge in [-0.15, -0.1) is 0 Å². The lowest BCUT2D eigenvalue weighted by atomic mass is 10.0. The van der Waals surface area contributed by atoms with Crippen LogP contribution in [0.15, 0.2) is 28.7 Å². The first-order valence-electron chi connectivity index (χ1n) is 6.46. The number of carbonyl (C=O) groups excluding carboxylic acids is 1. The Kier molecular flexibility index (Phi) is 4.78. The summed E-state index contributed by atoms with van der Waals surface area (Å²) in [5.74, 6) is 0.116. The van der Waals surface area contributed by atoms with E-state index < -0.39 is 0 Å². The molecule has 0 aromatic heterocycles. The van der Waals surface area contributed by atoms with Crippen molar-refractivity contribution in [2.24, 2.45) is 0 Å². The highest BCUT2D eigenvalue weighted by Gasteiger charge is 2.21. The highest BCUT2D eigenvalue weighted by Crippen LogP contribution is 2.17. The van der Waals surface area contributed by atoms with E-state index in [1.807, 2.05) is 31.2 Å². The predicted octanol–water partition coefficient (Wildman–Crippen LogP) is 2.77. The number of hydrogen-bond donors (Lipinski definition) is 2. The maximum absolute atomic E-state index is 12.1. The number of amides is 1. The van der Waals surface area contributed by atoms with Gasteiger partial charge in [-0.2, -0.15) is 0 Å². The van der Waals surface area contributed by atoms with Gasteiger partial charge in [0, 0.05) is 4.47 Å². The van der Waals surface area contributed by atoms with Gasteiger partial charge in [-0.05, 0) is 44.0 Å². The summed E-state index contributed by atoms with van der Waals surface area (Å²) in [5, 5.41) is 6.33. The Morgan fingerprint density at radius 2 is 2.11 bits per heavy atom. The van der Waals surface area contributed by atoms with Gasteiger partial charge >= 0.3 is 0 Å². The van der Waals surface area contributed by atoms with Crippen LogP contribution in [0.5, 0.6) is 0 Å². The van der Waals surface area contributed by atoms with Crippen LogP contribution in [0.25, 0.3) is 0 Å². The van der Waals surface area contributed by atoms with Crippen molar-refractivity contribution in [3.05, 3.63) is 34.3 Å². The summed E-state index contributed by atoms with van der Waals surface area (Å²) in [6.07, 6.45) is 3.25. The molecular weight excluding hydrogens is 292 g/mol. The van der Waals surface area contributed by atoms with Gasteiger partial charge in [0.05, 0.1) is 12.1 Å². The minimum Gasteiger partial charge on any atom is -0.348 e. The van der Waals surface area contributed by atoms with Gasteiger partial charge in [0.2, 0.25) is 5.91 Å². The van der Waals surface area contributed by atoms with Gasteiger partial charge in [0.1, 0.15) is 0 Å². The van der Waals surface area contributed by atoms with E-state index in [1.54, 1.807) is 0 Å². The fourth-order valence-corrected chi connectivity index (χ4v) is 2.49. The molecule has 2 N–H and O–H groups in total. The van der Waals surface area contributed by atoms with E-state index in [4.69, 9.17) is 0 Å². The molecule has 2 atom stereocenters. The Balaban J connectivity index is 1.91. The number of carbonyl (C=O) groups is 1. The second-order valence-electron chi connectivity index (χ2n) is 4.78. The van der Waals surface area contributed by atoms with Crippen molar-refractivity contribution in [2.45, 2.75) is 38.3 Å². The van der Waals surface area contributed by atoms with Crippen LogP contribution in [0.4, 0.5) is 0 Å². The van der Waals surface area contributed by atoms with Crippen molar-refractivity contribution in [1.29, 1.82) is 0 Å². The maximum Gasteiger partial charge on any atom is 0.237 e. The average molecular weight is 311 g/mol. The molecule has 1 aliphatic heterocycles. The largest absolute Gasteiger partial charge is 0.348 e. The van der Waals surface area contributed by atoms with Gasteiger partial charge in [-0.25, -0.2) is 0 Å². The van der Waals surface area contributed by atoms with Crippen LogP contribution < -0.4 is 10.6 Å². The summed E-state index contributed by atoms with van der Waals surface area (Å²) in [5.41, 5.74) is 1.13. The van der Waals surface area contributed by atoms with Crippen molar-refractivity contribution in [2.75, 3.05) is 6.54 Å². The lowest BCUT2D eigenvalue weighted by Gasteiger charge is -2.24. The number of nitrogens with one attached hydrogen (secondary N) is 2. The molecule has 0 saturated carbocycles. The van der Waals surface area contributed by atoms with E-state index in [1.165, 1.54) is 6.42 Å². The zero-order valence-electron chi connectivity index (χ0n) is 10.6. The van der Waals surface area contributed by atoms with Gasteiger partial charge in [0.15, 0.2) is 0 Å². The first-order chi connectivity index (χ1) is 8.66. The van der Waals surface area contributed by atoms with Crippen LogP contribution in [0, 0.1) is 0 Å². The number of piperidine rings is 1. The van der Waals surface area contributed by atoms with E-state index in [0.717, 1.165) is 29.4 Å². The summed E-state index contributed by atoms with van der Waals surface area (Å²) in [6, 6.07) is 8.09. The summed E-state index contributed by atoms with van der Waals surface area (Å²) < 4.78 is 1.05. The second kappa shape index (κ2) is 6.34. The zero-order valence-corrected chi connectivity index (χ0v) is 12.2. The molecule has 1 heterocycles. The molecule has 4 heteroatoms. The fourth-order valence-electron chi connectivity index (χ4n) is 2.22. The Morgan fingerprint density at radius 3 is 2.72 bits per heavy atom. The molecule has 1 saturated heterocycles. The quantitative estimate of drug-likeness (QED) is 0.901. The zero-order chi connectivity index (χ0) is 13.0. The molecule has 98 valence electrons. The van der Waals surface area contributed by atoms with Gasteiger partial charge < -0.3 is 10.6 Å². The molecule has 1 fully saturated rings. The topological polar surface area (TPSA) is 41.1 Å². The minimum atomic E-state index is -0.0170. The summed E-state index contributed by atoms with van der Waals surface area (Å²) in [7, 11) is 0. The number of rotatable bonds is 3. The number of benzene rings is 1. The molecule has 0 radical (unpaired) electrons. The van der Waals surface area contributed by atoms with E-state index in [-0.39, 0.29) is 18.0 Å². The van der Waals surface area contributed by atoms with Crippen molar-refractivity contribution in [1.82, 2.24) is 10.6 Å². The highest BCUT2D eigenvalue weighted by molar-refractivity contribution is 9.10. The summed E-state index contributed by atoms with van der Waals surface area (Å²) >= 11 is 3.41. The van der Waals surface area contributed by atoms with E-state index >= 15 is 0 Å². The third-order valence-corrected chi connectivity index (χ3v) is 3.88. The van der Waals surface area contributed by atoms with Crippen LogP contribution in [0.3, 0.4) is 0 Å². The van der Waals surface area contributed by atoms with Gasteiger partial charge in [-0.3, -0.25) is 4.79 Å². The standard InChI is InChI=1S/C14H19BrN2O/c1-10(11-5-7-12(15)8-6-11)17-14(18)13-4-2-3-9-16-13/h5-8,10,13,16H,2-4,9H2,1H3,(H,17,18)/t10-,13+/m0/s1. The molecule has 1 amide bonds. The smallest absolute Gasteiger partial charge is 0.237 e. The van der Waals surface area contributed by atoms with Crippen LogP contribution in [0.2, 0.25) is 0 Å². The first-order valence-corrected chi connectivity index (χ1v) is 7.25. The summed E-state index contributed by atoms with van der Waals surface area (Å²) in [6.45, 7) is 2.97. The molecular formula is C14H19BrN2O. The molecule has 0 aliphatic carbocycles. The molecule has 1 aromatic carbocycles. The number of hydrogen-bond acceptors (Lipinski definition) is 2. The third kappa shape index (κ3) is 3.56. The first kappa shape index (κ1) is 13.6. The molecule has 2 rings (SSSR count). The fraction of sp³-hybridized carbons (Fsp3) is 0.500. The molecule has 0 spiro atoms. The van der Waals surface area contributed by atoms with Crippen molar-refractivity contribution in [3.63, 3.8) is 0 Å². The van der Waals surface area contributed by atoms with E-state index in [2.05, 4.69) is 26.6 Å². The average Bonchev–Trinajstić information content (AvgIpc) is 2.40. The molecule has 3 nitrogen and oxygen atoms in total. The Morgan fingerprint density at radius 1 is 1.39 bits per heavy atom. The Bertz CT molecular complexity index is 399. The van der Waals surface area contributed by atoms with Gasteiger partial charge in [0.25, 0.3) is 0 Å². The lowest BCUT2D eigenvalue weighted by molar-refractivity contribution is -0.124. The van der Waals surface area contributed by atoms with Crippen LogP contribution >= 0.6 is 15.9 Å². The molecule has 1 aromatic rings. The monoisotopic (exact) mass is 310 g/mol. The third-order valence-electron chi connectivity index (χ3n) is 3.36. The second-order valence-corrected chi connectivity index (χ2v) is 5.70. The van der Waals surface area contributed by atoms with Crippen LogP contribution in [-0.2, 0) is 4.79 Å². The minimum absolute atomic E-state index is 0.0170. The predicted molar refractivity (Wildman–Crippen MR) is 76.3 cm³/mol. The van der Waals surface area contributed by atoms with Crippen LogP contribution in [-0.4, -0.2) is 18.5 Å². The molecule has 0 unspecified atom stereocenters. The Hall–Kier alpha value is -0.870. The van der Waals surface area contributed by atoms with E-state index in [9.17, 15) is 4.79 Å². The normalized spacial score (nSPS) is 21.3. The molecule has 0 bridgehead atoms. The maximum atomic E-state index is 12.1. The van der Waals surface area contributed by atoms with Crippen molar-refractivity contribution >= 4 is 21.8 Å². The van der Waals surface area contributed by atoms with E-state index in [0.29, 0.717) is 0 Å². The van der Waals surface area contributed by atoms with Crippen molar-refractivity contribution < 1.29 is 4.79 Å². The molecule has 18 heavy (non-hydrogen) atoms. The summed E-state index contributed by atoms with van der Waals surface area (Å²) in [4.78, 5) is 12.1. The number of halogens is 1. The SMILES string of the molecule is C[C@H](NC(=O)[C@H]1CCCCN1)c1ccc(Br)cc1. The lowest BCUT2D eigenvalue weighted by Crippen LogP contribution is -2.47. The van der Waals surface area contributed by atoms with Crippen molar-refractivity contribution in [3.8, 4) is 0 Å².